The van der Waals surface area contributed by atoms with Gasteiger partial charge in [0.2, 0.25) is 0 Å². The molecule has 0 aliphatic carbocycles. The van der Waals surface area contributed by atoms with Gasteiger partial charge in [-0.25, -0.2) is 0 Å². The zero-order chi connectivity index (χ0) is 16.8. The number of hydrogen-bond acceptors (Lipinski definition) is 5. The second-order valence-electron chi connectivity index (χ2n) is 5.02. The Morgan fingerprint density at radius 3 is 2.09 bits per heavy atom. The molecule has 2 rings (SSSR count). The van der Waals surface area contributed by atoms with Crippen molar-refractivity contribution in [2.45, 2.75) is 26.7 Å². The molecule has 0 aliphatic rings. The number of para-hydroxylation sites is 2. The fourth-order valence-electron chi connectivity index (χ4n) is 2.26. The van der Waals surface area contributed by atoms with Crippen LogP contribution < -0.4 is 10.6 Å². The van der Waals surface area contributed by atoms with E-state index in [0.717, 1.165) is 0 Å². The minimum Gasteiger partial charge on any atom is -0.739 e. The number of nitrogens with one attached hydrogen (secondary N) is 1. The van der Waals surface area contributed by atoms with Crippen molar-refractivity contribution in [3.8, 4) is 0 Å². The lowest BCUT2D eigenvalue weighted by Crippen LogP contribution is -2.25. The van der Waals surface area contributed by atoms with Gasteiger partial charge in [0.25, 0.3) is 0 Å². The maximum Gasteiger partial charge on any atom is 0.164 e. The van der Waals surface area contributed by atoms with E-state index < -0.39 is 0 Å². The zero-order valence-corrected chi connectivity index (χ0v) is 13.2. The molecule has 23 heavy (non-hydrogen) atoms. The summed E-state index contributed by atoms with van der Waals surface area (Å²) in [6, 6.07) is 13.4. The normalized spacial score (nSPS) is 10.2. The third-order valence-corrected chi connectivity index (χ3v) is 3.51. The minimum atomic E-state index is -0.110. The highest BCUT2D eigenvalue weighted by Crippen LogP contribution is 2.24. The molecule has 0 saturated heterocycles. The molecule has 5 nitrogen and oxygen atoms in total. The molecule has 1 N–H and O–H groups in total. The lowest BCUT2D eigenvalue weighted by atomic mass is 10.1. The number of hydrogen-bond donors (Lipinski definition) is 1. The van der Waals surface area contributed by atoms with E-state index >= 15 is 0 Å². The van der Waals surface area contributed by atoms with Gasteiger partial charge in [0, 0.05) is 24.0 Å². The van der Waals surface area contributed by atoms with E-state index in [0.29, 0.717) is 34.8 Å². The van der Waals surface area contributed by atoms with Crippen molar-refractivity contribution < 1.29 is 9.59 Å². The number of benzene rings is 2. The van der Waals surface area contributed by atoms with Crippen LogP contribution in [0.5, 0.6) is 0 Å². The molecule has 2 aromatic carbocycles. The molecule has 0 aliphatic heterocycles. The molecule has 0 bridgehead atoms. The SMILES string of the molecule is CCC(=O)c1ccccc1NN([O-])c1ccccc1C(=O)CC. The Labute approximate surface area is 135 Å². The molecular formula is C18H19N2O3-. The van der Waals surface area contributed by atoms with Crippen molar-refractivity contribution in [1.29, 1.82) is 0 Å². The highest BCUT2D eigenvalue weighted by atomic mass is 16.5. The van der Waals surface area contributed by atoms with Crippen LogP contribution in [0.15, 0.2) is 48.5 Å². The maximum atomic E-state index is 12.5. The maximum absolute atomic E-state index is 12.5. The molecular weight excluding hydrogens is 292 g/mol. The number of carbonyl (C=O) groups excluding carboxylic acids is 2. The summed E-state index contributed by atoms with van der Waals surface area (Å²) >= 11 is 0. The molecule has 0 atom stereocenters. The van der Waals surface area contributed by atoms with Gasteiger partial charge in [-0.2, -0.15) is 0 Å². The summed E-state index contributed by atoms with van der Waals surface area (Å²) < 4.78 is 0. The van der Waals surface area contributed by atoms with Crippen LogP contribution in [0.2, 0.25) is 0 Å². The van der Waals surface area contributed by atoms with Crippen LogP contribution in [0.1, 0.15) is 47.4 Å². The van der Waals surface area contributed by atoms with Crippen molar-refractivity contribution in [2.24, 2.45) is 0 Å². The Kier molecular flexibility index (Phi) is 5.49. The third-order valence-electron chi connectivity index (χ3n) is 3.51. The number of nitrogens with zero attached hydrogens (tertiary/aromatic N) is 1. The van der Waals surface area contributed by atoms with Gasteiger partial charge in [-0.3, -0.25) is 9.59 Å². The van der Waals surface area contributed by atoms with Crippen molar-refractivity contribution in [1.82, 2.24) is 0 Å². The Balaban J connectivity index is 2.32. The summed E-state index contributed by atoms with van der Waals surface area (Å²) in [7, 11) is 0. The van der Waals surface area contributed by atoms with Crippen LogP contribution in [0.3, 0.4) is 0 Å². The van der Waals surface area contributed by atoms with E-state index in [1.807, 2.05) is 0 Å². The van der Waals surface area contributed by atoms with Gasteiger partial charge in [-0.05, 0) is 24.3 Å². The molecule has 5 heteroatoms. The highest BCUT2D eigenvalue weighted by Gasteiger charge is 2.13. The number of Topliss-reactive ketones (excluding diaryl/α,β-unsaturated/α-hetero) is 2. The summed E-state index contributed by atoms with van der Waals surface area (Å²) in [5.41, 5.74) is 4.14. The second kappa shape index (κ2) is 7.56. The van der Waals surface area contributed by atoms with Gasteiger partial charge in [-0.1, -0.05) is 38.1 Å². The molecule has 120 valence electrons. The van der Waals surface area contributed by atoms with E-state index in [1.54, 1.807) is 62.4 Å². The largest absolute Gasteiger partial charge is 0.739 e. The van der Waals surface area contributed by atoms with E-state index in [4.69, 9.17) is 0 Å². The lowest BCUT2D eigenvalue weighted by molar-refractivity contribution is 0.0980. The zero-order valence-electron chi connectivity index (χ0n) is 13.2. The first-order valence-corrected chi connectivity index (χ1v) is 7.56. The molecule has 0 fully saturated rings. The van der Waals surface area contributed by atoms with Gasteiger partial charge < -0.3 is 15.8 Å². The summed E-state index contributed by atoms with van der Waals surface area (Å²) in [6.07, 6.45) is 0.665. The number of hydrazine groups is 1. The molecule has 0 heterocycles. The monoisotopic (exact) mass is 311 g/mol. The lowest BCUT2D eigenvalue weighted by Gasteiger charge is -2.33. The van der Waals surface area contributed by atoms with E-state index in [1.165, 1.54) is 0 Å². The molecule has 0 saturated carbocycles. The van der Waals surface area contributed by atoms with Crippen LogP contribution in [0.25, 0.3) is 0 Å². The van der Waals surface area contributed by atoms with Gasteiger partial charge >= 0.3 is 0 Å². The standard InChI is InChI=1S/C18H19N2O3/c1-3-17(21)13-9-5-7-11-15(13)19-20(23)16-12-8-6-10-14(16)18(22)4-2/h5-12,19H,3-4H2,1-2H3/q-1. The molecule has 0 spiro atoms. The van der Waals surface area contributed by atoms with E-state index in [2.05, 4.69) is 5.43 Å². The summed E-state index contributed by atoms with van der Waals surface area (Å²) in [5.74, 6) is -0.166. The third kappa shape index (κ3) is 3.76. The molecule has 0 amide bonds. The molecule has 0 radical (unpaired) electrons. The van der Waals surface area contributed by atoms with E-state index in [-0.39, 0.29) is 17.3 Å². The Bertz CT molecular complexity index is 713. The summed E-state index contributed by atoms with van der Waals surface area (Å²) in [5, 5.41) is 13.0. The van der Waals surface area contributed by atoms with Crippen LogP contribution in [-0.4, -0.2) is 11.6 Å². The topological polar surface area (TPSA) is 72.5 Å². The Morgan fingerprint density at radius 2 is 1.43 bits per heavy atom. The van der Waals surface area contributed by atoms with Gasteiger partial charge in [0.05, 0.1) is 11.4 Å². The van der Waals surface area contributed by atoms with Crippen LogP contribution in [-0.2, 0) is 0 Å². The second-order valence-corrected chi connectivity index (χ2v) is 5.02. The van der Waals surface area contributed by atoms with Gasteiger partial charge in [0.15, 0.2) is 11.6 Å². The van der Waals surface area contributed by atoms with Crippen LogP contribution in [0, 0.1) is 5.21 Å². The fraction of sp³-hybridized carbons (Fsp3) is 0.222. The minimum absolute atomic E-state index is 0.0561. The highest BCUT2D eigenvalue weighted by molar-refractivity contribution is 6.03. The van der Waals surface area contributed by atoms with Gasteiger partial charge in [-0.15, -0.1) is 0 Å². The average Bonchev–Trinajstić information content (AvgIpc) is 2.60. The Morgan fingerprint density at radius 1 is 0.913 bits per heavy atom. The Hall–Kier alpha value is -2.66. The predicted molar refractivity (Wildman–Crippen MR) is 91.6 cm³/mol. The first-order valence-electron chi connectivity index (χ1n) is 7.56. The quantitative estimate of drug-likeness (QED) is 0.612. The smallest absolute Gasteiger partial charge is 0.164 e. The molecule has 0 aromatic heterocycles. The van der Waals surface area contributed by atoms with Crippen molar-refractivity contribution in [3.05, 3.63) is 64.9 Å². The van der Waals surface area contributed by atoms with E-state index in [9.17, 15) is 14.8 Å². The van der Waals surface area contributed by atoms with Crippen molar-refractivity contribution in [3.63, 3.8) is 0 Å². The fourth-order valence-corrected chi connectivity index (χ4v) is 2.26. The summed E-state index contributed by atoms with van der Waals surface area (Å²) in [4.78, 5) is 23.9. The first kappa shape index (κ1) is 16.7. The van der Waals surface area contributed by atoms with Gasteiger partial charge in [0.1, 0.15) is 0 Å². The number of ketones is 2. The molecule has 0 unspecified atom stereocenters. The predicted octanol–water partition coefficient (Wildman–Crippen LogP) is 4.20. The average molecular weight is 311 g/mol. The number of anilines is 2. The number of rotatable bonds is 7. The number of carbonyl (C=O) groups is 2. The van der Waals surface area contributed by atoms with Crippen LogP contribution in [0.4, 0.5) is 11.4 Å². The van der Waals surface area contributed by atoms with Crippen LogP contribution >= 0.6 is 0 Å². The van der Waals surface area contributed by atoms with Crippen molar-refractivity contribution in [2.75, 3.05) is 10.6 Å². The first-order chi connectivity index (χ1) is 11.1. The molecule has 2 aromatic rings. The van der Waals surface area contributed by atoms with Crippen molar-refractivity contribution >= 4 is 22.9 Å². The summed E-state index contributed by atoms with van der Waals surface area (Å²) in [6.45, 7) is 3.51.